The summed E-state index contributed by atoms with van der Waals surface area (Å²) in [4.78, 5) is 16.5. The van der Waals surface area contributed by atoms with Crippen LogP contribution in [0.15, 0.2) is 29.2 Å². The summed E-state index contributed by atoms with van der Waals surface area (Å²) in [7, 11) is 0. The van der Waals surface area contributed by atoms with Crippen molar-refractivity contribution in [3.63, 3.8) is 0 Å². The fraction of sp³-hybridized carbons (Fsp3) is 0.611. The van der Waals surface area contributed by atoms with Gasteiger partial charge in [0.2, 0.25) is 0 Å². The van der Waals surface area contributed by atoms with Crippen molar-refractivity contribution < 1.29 is 4.79 Å². The molecule has 0 radical (unpaired) electrons. The Hall–Kier alpha value is -0.450. The highest BCUT2D eigenvalue weighted by atomic mass is 32.2. The summed E-state index contributed by atoms with van der Waals surface area (Å²) >= 11 is 6.04. The van der Waals surface area contributed by atoms with E-state index >= 15 is 0 Å². The summed E-state index contributed by atoms with van der Waals surface area (Å²) < 4.78 is 0. The molecule has 0 bridgehead atoms. The van der Waals surface area contributed by atoms with Crippen LogP contribution in [0, 0.1) is 5.92 Å². The van der Waals surface area contributed by atoms with Crippen LogP contribution in [0.5, 0.6) is 0 Å². The number of hydrogen-bond donors (Lipinski definition) is 1. The summed E-state index contributed by atoms with van der Waals surface area (Å²) in [6.45, 7) is 6.16. The topological polar surface area (TPSA) is 20.3 Å². The third-order valence-corrected chi connectivity index (χ3v) is 5.85. The van der Waals surface area contributed by atoms with Gasteiger partial charge >= 0.3 is 0 Å². The SMILES string of the molecule is CSc1ccc(C(=O)C(C)(C)N2CCC(CCS)CC2)cc1. The number of carbonyl (C=O) groups is 1. The van der Waals surface area contributed by atoms with Crippen LogP contribution >= 0.6 is 24.4 Å². The first-order chi connectivity index (χ1) is 10.5. The normalized spacial score (nSPS) is 17.6. The van der Waals surface area contributed by atoms with Gasteiger partial charge < -0.3 is 0 Å². The number of ketones is 1. The summed E-state index contributed by atoms with van der Waals surface area (Å²) in [5, 5.41) is 0. The molecule has 0 aromatic heterocycles. The lowest BCUT2D eigenvalue weighted by Crippen LogP contribution is -2.53. The highest BCUT2D eigenvalue weighted by Gasteiger charge is 2.36. The van der Waals surface area contributed by atoms with E-state index in [1.165, 1.54) is 24.2 Å². The standard InChI is InChI=1S/C18H27NOS2/c1-18(2,19-11-8-14(9-12-19)10-13-21)17(20)15-4-6-16(22-3)7-5-15/h4-7,14,21H,8-13H2,1-3H3. The van der Waals surface area contributed by atoms with Gasteiger partial charge in [-0.25, -0.2) is 0 Å². The lowest BCUT2D eigenvalue weighted by Gasteiger charge is -2.42. The first-order valence-corrected chi connectivity index (χ1v) is 9.89. The quantitative estimate of drug-likeness (QED) is 0.472. The molecule has 1 aliphatic heterocycles. The van der Waals surface area contributed by atoms with Crippen molar-refractivity contribution in [1.29, 1.82) is 0 Å². The number of thioether (sulfide) groups is 1. The second-order valence-electron chi connectivity index (χ2n) is 6.56. The second kappa shape index (κ2) is 7.89. The van der Waals surface area contributed by atoms with Crippen molar-refractivity contribution in [3.8, 4) is 0 Å². The number of benzene rings is 1. The molecular weight excluding hydrogens is 310 g/mol. The number of piperidine rings is 1. The van der Waals surface area contributed by atoms with Crippen LogP contribution in [-0.4, -0.2) is 41.3 Å². The van der Waals surface area contributed by atoms with Crippen molar-refractivity contribution in [2.24, 2.45) is 5.92 Å². The van der Waals surface area contributed by atoms with Gasteiger partial charge in [-0.15, -0.1) is 11.8 Å². The van der Waals surface area contributed by atoms with Gasteiger partial charge in [-0.05, 0) is 76.3 Å². The minimum Gasteiger partial charge on any atom is -0.292 e. The molecule has 4 heteroatoms. The molecule has 22 heavy (non-hydrogen) atoms. The molecule has 0 saturated carbocycles. The molecular formula is C18H27NOS2. The van der Waals surface area contributed by atoms with E-state index < -0.39 is 5.54 Å². The fourth-order valence-electron chi connectivity index (χ4n) is 3.20. The first-order valence-electron chi connectivity index (χ1n) is 8.03. The van der Waals surface area contributed by atoms with E-state index in [-0.39, 0.29) is 5.78 Å². The zero-order chi connectivity index (χ0) is 16.2. The minimum absolute atomic E-state index is 0.229. The van der Waals surface area contributed by atoms with Crippen LogP contribution in [0.25, 0.3) is 0 Å². The maximum atomic E-state index is 12.9. The molecule has 0 atom stereocenters. The number of hydrogen-bond acceptors (Lipinski definition) is 4. The van der Waals surface area contributed by atoms with Gasteiger partial charge in [0.05, 0.1) is 5.54 Å². The Morgan fingerprint density at radius 2 is 1.86 bits per heavy atom. The van der Waals surface area contributed by atoms with Crippen molar-refractivity contribution >= 4 is 30.2 Å². The predicted molar refractivity (Wildman–Crippen MR) is 99.4 cm³/mol. The Labute approximate surface area is 144 Å². The molecule has 2 nitrogen and oxygen atoms in total. The zero-order valence-corrected chi connectivity index (χ0v) is 15.6. The first kappa shape index (κ1) is 17.9. The van der Waals surface area contributed by atoms with Crippen LogP contribution < -0.4 is 0 Å². The molecule has 0 N–H and O–H groups in total. The minimum atomic E-state index is -0.424. The van der Waals surface area contributed by atoms with Crippen LogP contribution in [0.4, 0.5) is 0 Å². The van der Waals surface area contributed by atoms with Crippen molar-refractivity contribution in [3.05, 3.63) is 29.8 Å². The highest BCUT2D eigenvalue weighted by Crippen LogP contribution is 2.29. The van der Waals surface area contributed by atoms with Crippen LogP contribution in [0.1, 0.15) is 43.5 Å². The van der Waals surface area contributed by atoms with Crippen LogP contribution in [0.3, 0.4) is 0 Å². The molecule has 1 saturated heterocycles. The average Bonchev–Trinajstić information content (AvgIpc) is 2.55. The molecule has 1 aliphatic rings. The zero-order valence-electron chi connectivity index (χ0n) is 13.8. The molecule has 0 amide bonds. The van der Waals surface area contributed by atoms with E-state index in [4.69, 9.17) is 0 Å². The summed E-state index contributed by atoms with van der Waals surface area (Å²) in [6, 6.07) is 7.99. The van der Waals surface area contributed by atoms with E-state index in [0.717, 1.165) is 30.3 Å². The monoisotopic (exact) mass is 337 g/mol. The molecule has 2 rings (SSSR count). The van der Waals surface area contributed by atoms with Crippen LogP contribution in [0.2, 0.25) is 0 Å². The lowest BCUT2D eigenvalue weighted by molar-refractivity contribution is 0.0509. The third kappa shape index (κ3) is 4.09. The van der Waals surface area contributed by atoms with E-state index in [9.17, 15) is 4.79 Å². The van der Waals surface area contributed by atoms with Gasteiger partial charge in [-0.2, -0.15) is 12.6 Å². The molecule has 1 heterocycles. The molecule has 1 fully saturated rings. The van der Waals surface area contributed by atoms with E-state index in [2.05, 4.69) is 37.6 Å². The number of likely N-dealkylation sites (tertiary alicyclic amines) is 1. The fourth-order valence-corrected chi connectivity index (χ4v) is 3.98. The predicted octanol–water partition coefficient (Wildman–Crippen LogP) is 4.40. The molecule has 0 spiro atoms. The van der Waals surface area contributed by atoms with Crippen molar-refractivity contribution in [2.45, 2.75) is 43.5 Å². The molecule has 0 aliphatic carbocycles. The maximum absolute atomic E-state index is 12.9. The Morgan fingerprint density at radius 3 is 2.36 bits per heavy atom. The number of rotatable bonds is 6. The summed E-state index contributed by atoms with van der Waals surface area (Å²) in [6.07, 6.45) is 5.61. The number of carbonyl (C=O) groups excluding carboxylic acids is 1. The van der Waals surface area contributed by atoms with Gasteiger partial charge in [0.1, 0.15) is 0 Å². The third-order valence-electron chi connectivity index (χ3n) is 4.85. The summed E-state index contributed by atoms with van der Waals surface area (Å²) in [5.41, 5.74) is 0.396. The van der Waals surface area contributed by atoms with Gasteiger partial charge in [-0.3, -0.25) is 9.69 Å². The smallest absolute Gasteiger partial charge is 0.182 e. The molecule has 0 unspecified atom stereocenters. The largest absolute Gasteiger partial charge is 0.292 e. The second-order valence-corrected chi connectivity index (χ2v) is 7.89. The molecule has 1 aromatic rings. The van der Waals surface area contributed by atoms with E-state index in [1.807, 2.05) is 24.3 Å². The van der Waals surface area contributed by atoms with Gasteiger partial charge in [0.15, 0.2) is 5.78 Å². The number of Topliss-reactive ketones (excluding diaryl/α,β-unsaturated/α-hetero) is 1. The molecule has 122 valence electrons. The maximum Gasteiger partial charge on any atom is 0.182 e. The number of thiol groups is 1. The number of nitrogens with zero attached hydrogens (tertiary/aromatic N) is 1. The van der Waals surface area contributed by atoms with E-state index in [0.29, 0.717) is 0 Å². The van der Waals surface area contributed by atoms with Gasteiger partial charge in [0, 0.05) is 10.5 Å². The van der Waals surface area contributed by atoms with Crippen molar-refractivity contribution in [1.82, 2.24) is 4.90 Å². The Balaban J connectivity index is 2.04. The Bertz CT molecular complexity index is 490. The Morgan fingerprint density at radius 1 is 1.27 bits per heavy atom. The van der Waals surface area contributed by atoms with Crippen LogP contribution in [-0.2, 0) is 0 Å². The molecule has 1 aromatic carbocycles. The van der Waals surface area contributed by atoms with Crippen molar-refractivity contribution in [2.75, 3.05) is 25.1 Å². The lowest BCUT2D eigenvalue weighted by atomic mass is 9.86. The highest BCUT2D eigenvalue weighted by molar-refractivity contribution is 7.98. The van der Waals surface area contributed by atoms with Gasteiger partial charge in [0.25, 0.3) is 0 Å². The average molecular weight is 338 g/mol. The van der Waals surface area contributed by atoms with Gasteiger partial charge in [-0.1, -0.05) is 12.1 Å². The Kier molecular flexibility index (Phi) is 6.42. The van der Waals surface area contributed by atoms with E-state index in [1.54, 1.807) is 11.8 Å². The summed E-state index contributed by atoms with van der Waals surface area (Å²) in [5.74, 6) is 1.97.